The average Bonchev–Trinajstić information content (AvgIpc) is 3.21. The van der Waals surface area contributed by atoms with E-state index in [2.05, 4.69) is 27.5 Å². The monoisotopic (exact) mass is 393 g/mol. The first kappa shape index (κ1) is 19.4. The quantitative estimate of drug-likeness (QED) is 0.649. The molecule has 0 spiro atoms. The van der Waals surface area contributed by atoms with Crippen LogP contribution in [0.15, 0.2) is 29.2 Å². The number of fused-ring (bicyclic) bond motifs is 2. The van der Waals surface area contributed by atoms with Gasteiger partial charge in [0.25, 0.3) is 11.5 Å². The van der Waals surface area contributed by atoms with Crippen molar-refractivity contribution >= 4 is 28.4 Å². The minimum atomic E-state index is -0.216. The Morgan fingerprint density at radius 1 is 1.31 bits per heavy atom. The summed E-state index contributed by atoms with van der Waals surface area (Å²) >= 11 is 0. The molecule has 1 unspecified atom stereocenters. The van der Waals surface area contributed by atoms with Crippen LogP contribution in [0, 0.1) is 6.92 Å². The number of amides is 1. The normalized spacial score (nSPS) is 15.7. The summed E-state index contributed by atoms with van der Waals surface area (Å²) in [4.78, 5) is 35.4. The molecule has 29 heavy (non-hydrogen) atoms. The average molecular weight is 393 g/mol. The van der Waals surface area contributed by atoms with Gasteiger partial charge in [0.05, 0.1) is 10.9 Å². The van der Waals surface area contributed by atoms with E-state index in [0.717, 1.165) is 37.7 Å². The molecular formula is C22H27N5O2. The minimum absolute atomic E-state index is 0.140. The largest absolute Gasteiger partial charge is 0.367 e. The smallest absolute Gasteiger partial charge is 0.267 e. The van der Waals surface area contributed by atoms with Crippen molar-refractivity contribution in [3.05, 3.63) is 45.9 Å². The highest BCUT2D eigenvalue weighted by molar-refractivity contribution is 6.02. The van der Waals surface area contributed by atoms with Crippen molar-refractivity contribution in [2.75, 3.05) is 5.32 Å². The van der Waals surface area contributed by atoms with Crippen LogP contribution in [-0.4, -0.2) is 32.4 Å². The van der Waals surface area contributed by atoms with Crippen molar-refractivity contribution < 1.29 is 4.79 Å². The van der Waals surface area contributed by atoms with Crippen molar-refractivity contribution in [1.29, 1.82) is 0 Å². The number of hydrogen-bond donors (Lipinski definition) is 2. The number of pyridine rings is 2. The van der Waals surface area contributed by atoms with E-state index in [-0.39, 0.29) is 23.6 Å². The maximum Gasteiger partial charge on any atom is 0.267 e. The number of carbonyl (C=O) groups is 1. The molecule has 3 aromatic heterocycles. The summed E-state index contributed by atoms with van der Waals surface area (Å²) in [6.45, 7) is 6.02. The summed E-state index contributed by atoms with van der Waals surface area (Å²) in [5.74, 6) is 0.290. The molecule has 3 heterocycles. The van der Waals surface area contributed by atoms with Crippen LogP contribution in [0.4, 0.5) is 5.82 Å². The second kappa shape index (κ2) is 7.81. The van der Waals surface area contributed by atoms with Crippen molar-refractivity contribution in [2.24, 2.45) is 0 Å². The number of aromatic nitrogens is 3. The van der Waals surface area contributed by atoms with Crippen LogP contribution >= 0.6 is 0 Å². The lowest BCUT2D eigenvalue weighted by molar-refractivity contribution is 0.0938. The maximum absolute atomic E-state index is 13.1. The summed E-state index contributed by atoms with van der Waals surface area (Å²) < 4.78 is 1.51. The molecule has 3 aromatic rings. The lowest BCUT2D eigenvalue weighted by Crippen LogP contribution is -2.34. The summed E-state index contributed by atoms with van der Waals surface area (Å²) in [7, 11) is 0. The molecule has 7 heteroatoms. The van der Waals surface area contributed by atoms with Crippen LogP contribution in [0.5, 0.6) is 0 Å². The second-order valence-corrected chi connectivity index (χ2v) is 7.97. The van der Waals surface area contributed by atoms with Gasteiger partial charge >= 0.3 is 0 Å². The standard InChI is InChI=1S/C22H27N5O2/c1-4-14(3)23-18-16(21(28)24-15-9-5-6-10-15)12-17-19(25-18)26-20-13(2)8-7-11-27(20)22(17)29/h7-8,11-12,14-15H,4-6,9-10H2,1-3H3,(H,23,25)(H,24,28). The van der Waals surface area contributed by atoms with Gasteiger partial charge in [0.15, 0.2) is 5.65 Å². The molecular weight excluding hydrogens is 366 g/mol. The number of carbonyl (C=O) groups excluding carboxylic acids is 1. The Kier molecular flexibility index (Phi) is 5.22. The van der Waals surface area contributed by atoms with E-state index in [1.165, 1.54) is 4.40 Å². The van der Waals surface area contributed by atoms with E-state index in [1.54, 1.807) is 12.3 Å². The highest BCUT2D eigenvalue weighted by atomic mass is 16.2. The third-order valence-corrected chi connectivity index (χ3v) is 5.76. The van der Waals surface area contributed by atoms with E-state index in [4.69, 9.17) is 0 Å². The molecule has 0 aliphatic heterocycles. The van der Waals surface area contributed by atoms with Crippen molar-refractivity contribution in [3.8, 4) is 0 Å². The van der Waals surface area contributed by atoms with Gasteiger partial charge in [0.1, 0.15) is 11.5 Å². The predicted molar refractivity (Wildman–Crippen MR) is 115 cm³/mol. The summed E-state index contributed by atoms with van der Waals surface area (Å²) in [5.41, 5.74) is 2.01. The second-order valence-electron chi connectivity index (χ2n) is 7.97. The van der Waals surface area contributed by atoms with Crippen LogP contribution < -0.4 is 16.2 Å². The van der Waals surface area contributed by atoms with Crippen LogP contribution in [0.2, 0.25) is 0 Å². The molecule has 0 bridgehead atoms. The first-order chi connectivity index (χ1) is 14.0. The van der Waals surface area contributed by atoms with Gasteiger partial charge < -0.3 is 10.6 Å². The topological polar surface area (TPSA) is 88.4 Å². The predicted octanol–water partition coefficient (Wildman–Crippen LogP) is 3.43. The van der Waals surface area contributed by atoms with Crippen molar-refractivity contribution in [1.82, 2.24) is 19.7 Å². The Labute approximate surface area is 169 Å². The Balaban J connectivity index is 1.88. The maximum atomic E-state index is 13.1. The Morgan fingerprint density at radius 3 is 2.79 bits per heavy atom. The first-order valence-electron chi connectivity index (χ1n) is 10.4. The van der Waals surface area contributed by atoms with Crippen LogP contribution in [0.1, 0.15) is 61.9 Å². The number of nitrogens with one attached hydrogen (secondary N) is 2. The molecule has 1 amide bonds. The molecule has 7 nitrogen and oxygen atoms in total. The summed E-state index contributed by atoms with van der Waals surface area (Å²) in [6.07, 6.45) is 6.84. The van der Waals surface area contributed by atoms with Crippen molar-refractivity contribution in [3.63, 3.8) is 0 Å². The molecule has 1 aliphatic rings. The van der Waals surface area contributed by atoms with Gasteiger partial charge in [-0.15, -0.1) is 0 Å². The fourth-order valence-electron chi connectivity index (χ4n) is 3.84. The van der Waals surface area contributed by atoms with Gasteiger partial charge in [-0.25, -0.2) is 9.97 Å². The van der Waals surface area contributed by atoms with E-state index in [1.807, 2.05) is 26.0 Å². The molecule has 2 N–H and O–H groups in total. The Hall–Kier alpha value is -2.96. The van der Waals surface area contributed by atoms with Crippen LogP contribution in [0.25, 0.3) is 16.7 Å². The van der Waals surface area contributed by atoms with Gasteiger partial charge in [-0.3, -0.25) is 14.0 Å². The molecule has 4 rings (SSSR count). The van der Waals surface area contributed by atoms with Crippen LogP contribution in [-0.2, 0) is 0 Å². The van der Waals surface area contributed by atoms with Crippen molar-refractivity contribution in [2.45, 2.75) is 65.0 Å². The highest BCUT2D eigenvalue weighted by Gasteiger charge is 2.23. The SMILES string of the molecule is CCC(C)Nc1nc2nc3c(C)cccn3c(=O)c2cc1C(=O)NC1CCCC1. The lowest BCUT2D eigenvalue weighted by atomic mass is 10.1. The number of rotatable bonds is 5. The number of anilines is 1. The third kappa shape index (κ3) is 3.69. The molecule has 1 saturated carbocycles. The van der Waals surface area contributed by atoms with Gasteiger partial charge in [-0.2, -0.15) is 0 Å². The van der Waals surface area contributed by atoms with E-state index >= 15 is 0 Å². The van der Waals surface area contributed by atoms with Gasteiger partial charge in [0, 0.05) is 18.3 Å². The molecule has 0 radical (unpaired) electrons. The fraction of sp³-hybridized carbons (Fsp3) is 0.455. The minimum Gasteiger partial charge on any atom is -0.367 e. The Morgan fingerprint density at radius 2 is 2.07 bits per heavy atom. The highest BCUT2D eigenvalue weighted by Crippen LogP contribution is 2.22. The lowest BCUT2D eigenvalue weighted by Gasteiger charge is -2.18. The van der Waals surface area contributed by atoms with E-state index in [0.29, 0.717) is 28.1 Å². The zero-order valence-corrected chi connectivity index (χ0v) is 17.2. The zero-order valence-electron chi connectivity index (χ0n) is 17.2. The summed E-state index contributed by atoms with van der Waals surface area (Å²) in [6, 6.07) is 5.70. The molecule has 0 aromatic carbocycles. The fourth-order valence-corrected chi connectivity index (χ4v) is 3.84. The van der Waals surface area contributed by atoms with Gasteiger partial charge in [-0.1, -0.05) is 25.8 Å². The number of nitrogens with zero attached hydrogens (tertiary/aromatic N) is 3. The number of aryl methyl sites for hydroxylation is 1. The number of hydrogen-bond acceptors (Lipinski definition) is 5. The third-order valence-electron chi connectivity index (χ3n) is 5.76. The van der Waals surface area contributed by atoms with E-state index in [9.17, 15) is 9.59 Å². The van der Waals surface area contributed by atoms with E-state index < -0.39 is 0 Å². The van der Waals surface area contributed by atoms with Gasteiger partial charge in [-0.05, 0) is 50.8 Å². The summed E-state index contributed by atoms with van der Waals surface area (Å²) in [5, 5.41) is 6.78. The van der Waals surface area contributed by atoms with Crippen LogP contribution in [0.3, 0.4) is 0 Å². The molecule has 1 atom stereocenters. The molecule has 0 saturated heterocycles. The first-order valence-corrected chi connectivity index (χ1v) is 10.4. The van der Waals surface area contributed by atoms with Gasteiger partial charge in [0.2, 0.25) is 0 Å². The zero-order chi connectivity index (χ0) is 20.5. The molecule has 1 fully saturated rings. The molecule has 152 valence electrons. The molecule has 1 aliphatic carbocycles. The Bertz CT molecular complexity index is 1130.